The minimum atomic E-state index is -0.762. The summed E-state index contributed by atoms with van der Waals surface area (Å²) in [6.45, 7) is 1.77. The number of phenols is 1. The number of phenolic OH excluding ortho intramolecular Hbond substituents is 1. The van der Waals surface area contributed by atoms with Gasteiger partial charge in [-0.3, -0.25) is 14.8 Å². The number of esters is 1. The van der Waals surface area contributed by atoms with Gasteiger partial charge in [0.05, 0.1) is 12.8 Å². The van der Waals surface area contributed by atoms with E-state index in [1.54, 1.807) is 43.5 Å². The minimum absolute atomic E-state index is 0.120. The van der Waals surface area contributed by atoms with Crippen LogP contribution in [0.3, 0.4) is 0 Å². The quantitative estimate of drug-likeness (QED) is 0.349. The molecule has 0 atom stereocenters. The second-order valence-electron chi connectivity index (χ2n) is 7.49. The first kappa shape index (κ1) is 21.9. The van der Waals surface area contributed by atoms with Crippen LogP contribution in [0, 0.1) is 12.7 Å². The van der Waals surface area contributed by atoms with Gasteiger partial charge in [0.25, 0.3) is 5.91 Å². The van der Waals surface area contributed by atoms with Crippen LogP contribution in [-0.4, -0.2) is 34.1 Å². The van der Waals surface area contributed by atoms with Crippen LogP contribution < -0.4 is 5.32 Å². The highest BCUT2D eigenvalue weighted by Crippen LogP contribution is 2.35. The molecule has 0 saturated heterocycles. The molecule has 0 unspecified atom stereocenters. The smallest absolute Gasteiger partial charge is 0.341 e. The number of fused-ring (bicyclic) bond motifs is 1. The fourth-order valence-corrected chi connectivity index (χ4v) is 3.50. The number of carbonyl (C=O) groups is 2. The Morgan fingerprint density at radius 1 is 1.06 bits per heavy atom. The lowest BCUT2D eigenvalue weighted by Gasteiger charge is -2.14. The van der Waals surface area contributed by atoms with Crippen LogP contribution in [0.1, 0.15) is 37.5 Å². The standard InChI is InChI=1S/C25H20FN3O4/c1-14-9-17(7-8-27-14)24(31)29-21-12-20(25(32)33-2)23(30)22-19(21)11-16(13-28-22)10-15-3-5-18(26)6-4-15/h3-9,11-13,30H,10H2,1-2H3,(H,29,31). The summed E-state index contributed by atoms with van der Waals surface area (Å²) < 4.78 is 18.0. The normalized spacial score (nSPS) is 10.8. The molecule has 1 amide bonds. The molecule has 2 N–H and O–H groups in total. The summed E-state index contributed by atoms with van der Waals surface area (Å²) in [5, 5.41) is 13.9. The Kier molecular flexibility index (Phi) is 5.99. The summed E-state index contributed by atoms with van der Waals surface area (Å²) >= 11 is 0. The topological polar surface area (TPSA) is 101 Å². The zero-order chi connectivity index (χ0) is 23.5. The van der Waals surface area contributed by atoms with Gasteiger partial charge in [0.1, 0.15) is 16.9 Å². The fourth-order valence-electron chi connectivity index (χ4n) is 3.50. The number of aromatic nitrogens is 2. The summed E-state index contributed by atoms with van der Waals surface area (Å²) in [5.74, 6) is -1.84. The second kappa shape index (κ2) is 9.04. The van der Waals surface area contributed by atoms with E-state index in [9.17, 15) is 19.1 Å². The van der Waals surface area contributed by atoms with Crippen LogP contribution in [0.5, 0.6) is 5.75 Å². The Hall–Kier alpha value is -4.33. The van der Waals surface area contributed by atoms with Crippen molar-refractivity contribution in [2.75, 3.05) is 12.4 Å². The first-order chi connectivity index (χ1) is 15.9. The van der Waals surface area contributed by atoms with E-state index >= 15 is 0 Å². The predicted octanol–water partition coefficient (Wildman–Crippen LogP) is 4.41. The Bertz CT molecular complexity index is 1370. The maximum absolute atomic E-state index is 13.2. The summed E-state index contributed by atoms with van der Waals surface area (Å²) in [6.07, 6.45) is 3.55. The summed E-state index contributed by atoms with van der Waals surface area (Å²) in [5.41, 5.74) is 3.01. The van der Waals surface area contributed by atoms with Crippen molar-refractivity contribution in [3.63, 3.8) is 0 Å². The number of rotatable bonds is 5. The van der Waals surface area contributed by atoms with Crippen molar-refractivity contribution in [2.45, 2.75) is 13.3 Å². The molecule has 2 aromatic heterocycles. The largest absolute Gasteiger partial charge is 0.505 e. The number of hydrogen-bond acceptors (Lipinski definition) is 6. The average molecular weight is 445 g/mol. The molecule has 33 heavy (non-hydrogen) atoms. The number of benzene rings is 2. The van der Waals surface area contributed by atoms with Gasteiger partial charge < -0.3 is 15.2 Å². The molecule has 4 rings (SSSR count). The molecule has 166 valence electrons. The SMILES string of the molecule is COC(=O)c1cc(NC(=O)c2ccnc(C)c2)c2cc(Cc3ccc(F)cc3)cnc2c1O. The van der Waals surface area contributed by atoms with Crippen molar-refractivity contribution >= 4 is 28.5 Å². The zero-order valence-electron chi connectivity index (χ0n) is 17.9. The van der Waals surface area contributed by atoms with Crippen molar-refractivity contribution in [3.8, 4) is 5.75 Å². The van der Waals surface area contributed by atoms with Crippen molar-refractivity contribution in [2.24, 2.45) is 0 Å². The predicted molar refractivity (Wildman–Crippen MR) is 121 cm³/mol. The third-order valence-corrected chi connectivity index (χ3v) is 5.14. The van der Waals surface area contributed by atoms with Crippen molar-refractivity contribution in [1.29, 1.82) is 0 Å². The van der Waals surface area contributed by atoms with E-state index in [4.69, 9.17) is 4.74 Å². The van der Waals surface area contributed by atoms with Crippen molar-refractivity contribution < 1.29 is 23.8 Å². The molecule has 2 heterocycles. The third-order valence-electron chi connectivity index (χ3n) is 5.14. The molecule has 0 aliphatic heterocycles. The molecule has 0 radical (unpaired) electrons. The fraction of sp³-hybridized carbons (Fsp3) is 0.120. The van der Waals surface area contributed by atoms with E-state index in [1.807, 2.05) is 0 Å². The van der Waals surface area contributed by atoms with Gasteiger partial charge in [-0.2, -0.15) is 0 Å². The van der Waals surface area contributed by atoms with Crippen molar-refractivity contribution in [3.05, 3.63) is 94.7 Å². The van der Waals surface area contributed by atoms with Crippen LogP contribution in [0.4, 0.5) is 10.1 Å². The first-order valence-corrected chi connectivity index (χ1v) is 10.1. The van der Waals surface area contributed by atoms with Gasteiger partial charge in [-0.1, -0.05) is 12.1 Å². The number of anilines is 1. The second-order valence-corrected chi connectivity index (χ2v) is 7.49. The molecule has 2 aromatic carbocycles. The van der Waals surface area contributed by atoms with E-state index in [1.165, 1.54) is 31.5 Å². The lowest BCUT2D eigenvalue weighted by molar-refractivity contribution is 0.0597. The van der Waals surface area contributed by atoms with Gasteiger partial charge >= 0.3 is 5.97 Å². The Labute approximate surface area is 188 Å². The molecule has 0 saturated carbocycles. The third kappa shape index (κ3) is 4.64. The molecular formula is C25H20FN3O4. The lowest BCUT2D eigenvalue weighted by Crippen LogP contribution is -2.14. The van der Waals surface area contributed by atoms with Crippen LogP contribution in [0.2, 0.25) is 0 Å². The van der Waals surface area contributed by atoms with Crippen LogP contribution in [0.25, 0.3) is 10.9 Å². The molecule has 0 aliphatic rings. The average Bonchev–Trinajstić information content (AvgIpc) is 2.81. The van der Waals surface area contributed by atoms with Gasteiger partial charge in [0.15, 0.2) is 5.75 Å². The monoisotopic (exact) mass is 445 g/mol. The van der Waals surface area contributed by atoms with E-state index in [-0.39, 0.29) is 28.3 Å². The number of carbonyl (C=O) groups excluding carboxylic acids is 2. The van der Waals surface area contributed by atoms with Crippen LogP contribution in [-0.2, 0) is 11.2 Å². The summed E-state index contributed by atoms with van der Waals surface area (Å²) in [7, 11) is 1.20. The molecule has 7 nitrogen and oxygen atoms in total. The highest BCUT2D eigenvalue weighted by atomic mass is 19.1. The Morgan fingerprint density at radius 2 is 1.82 bits per heavy atom. The molecule has 4 aromatic rings. The number of halogens is 1. The highest BCUT2D eigenvalue weighted by molar-refractivity contribution is 6.12. The van der Waals surface area contributed by atoms with E-state index in [2.05, 4.69) is 15.3 Å². The van der Waals surface area contributed by atoms with E-state index in [0.29, 0.717) is 23.1 Å². The van der Waals surface area contributed by atoms with Gasteiger partial charge in [-0.05, 0) is 60.9 Å². The van der Waals surface area contributed by atoms with Crippen LogP contribution in [0.15, 0.2) is 60.9 Å². The summed E-state index contributed by atoms with van der Waals surface area (Å²) in [4.78, 5) is 33.5. The highest BCUT2D eigenvalue weighted by Gasteiger charge is 2.20. The number of pyridine rings is 2. The number of hydrogen-bond donors (Lipinski definition) is 2. The van der Waals surface area contributed by atoms with Gasteiger partial charge in [-0.25, -0.2) is 9.18 Å². The lowest BCUT2D eigenvalue weighted by atomic mass is 10.0. The molecule has 8 heteroatoms. The van der Waals surface area contributed by atoms with E-state index in [0.717, 1.165) is 11.1 Å². The first-order valence-electron chi connectivity index (χ1n) is 10.1. The Balaban J connectivity index is 1.80. The number of nitrogens with zero attached hydrogens (tertiary/aromatic N) is 2. The number of ether oxygens (including phenoxy) is 1. The van der Waals surface area contributed by atoms with Crippen LogP contribution >= 0.6 is 0 Å². The number of methoxy groups -OCH3 is 1. The minimum Gasteiger partial charge on any atom is -0.505 e. The Morgan fingerprint density at radius 3 is 2.52 bits per heavy atom. The van der Waals surface area contributed by atoms with E-state index < -0.39 is 11.9 Å². The summed E-state index contributed by atoms with van der Waals surface area (Å²) in [6, 6.07) is 12.4. The number of nitrogens with one attached hydrogen (secondary N) is 1. The molecule has 0 aliphatic carbocycles. The zero-order valence-corrected chi connectivity index (χ0v) is 17.9. The van der Waals surface area contributed by atoms with Gasteiger partial charge in [-0.15, -0.1) is 0 Å². The number of aryl methyl sites for hydroxylation is 1. The molecule has 0 fully saturated rings. The molecule has 0 spiro atoms. The molecular weight excluding hydrogens is 425 g/mol. The maximum atomic E-state index is 13.2. The number of amides is 1. The number of aromatic hydroxyl groups is 1. The molecule has 0 bridgehead atoms. The van der Waals surface area contributed by atoms with Gasteiger partial charge in [0, 0.05) is 29.0 Å². The van der Waals surface area contributed by atoms with Crippen molar-refractivity contribution in [1.82, 2.24) is 9.97 Å². The van der Waals surface area contributed by atoms with Gasteiger partial charge in [0.2, 0.25) is 0 Å². The maximum Gasteiger partial charge on any atom is 0.341 e.